The molecule has 1 amide bonds. The Bertz CT molecular complexity index is 461. The molecular weight excluding hydrogens is 252 g/mol. The highest BCUT2D eigenvalue weighted by Crippen LogP contribution is 2.23. The summed E-state index contributed by atoms with van der Waals surface area (Å²) in [6.07, 6.45) is -1.04. The molecule has 0 saturated heterocycles. The number of ether oxygens (including phenoxy) is 1. The SMILES string of the molecule is C[C@@H](OCC(=O)Nc1cc(C(C)(C)C)no1)C(=O)O. The number of hydrogen-bond donors (Lipinski definition) is 2. The molecule has 0 spiro atoms. The lowest BCUT2D eigenvalue weighted by atomic mass is 9.92. The first-order chi connectivity index (χ1) is 8.70. The molecule has 0 saturated carbocycles. The second kappa shape index (κ2) is 5.83. The van der Waals surface area contributed by atoms with E-state index in [1.807, 2.05) is 20.8 Å². The summed E-state index contributed by atoms with van der Waals surface area (Å²) in [7, 11) is 0. The first kappa shape index (κ1) is 15.2. The van der Waals surface area contributed by atoms with E-state index < -0.39 is 18.0 Å². The molecule has 0 bridgehead atoms. The van der Waals surface area contributed by atoms with Gasteiger partial charge in [0, 0.05) is 11.5 Å². The van der Waals surface area contributed by atoms with Crippen molar-refractivity contribution in [2.75, 3.05) is 11.9 Å². The van der Waals surface area contributed by atoms with Gasteiger partial charge >= 0.3 is 5.97 Å². The molecule has 0 aliphatic heterocycles. The fraction of sp³-hybridized carbons (Fsp3) is 0.583. The maximum absolute atomic E-state index is 11.5. The van der Waals surface area contributed by atoms with E-state index in [4.69, 9.17) is 14.4 Å². The molecule has 1 rings (SSSR count). The average Bonchev–Trinajstić information content (AvgIpc) is 2.73. The second-order valence-electron chi connectivity index (χ2n) is 5.17. The van der Waals surface area contributed by atoms with E-state index in [0.717, 1.165) is 0 Å². The molecule has 1 aromatic rings. The Morgan fingerprint density at radius 1 is 1.53 bits per heavy atom. The van der Waals surface area contributed by atoms with Crippen molar-refractivity contribution in [1.29, 1.82) is 0 Å². The molecule has 106 valence electrons. The highest BCUT2D eigenvalue weighted by atomic mass is 16.5. The van der Waals surface area contributed by atoms with Gasteiger partial charge < -0.3 is 14.4 Å². The molecule has 1 aromatic heterocycles. The molecule has 0 aliphatic rings. The lowest BCUT2D eigenvalue weighted by Gasteiger charge is -2.12. The van der Waals surface area contributed by atoms with E-state index in [2.05, 4.69) is 10.5 Å². The second-order valence-corrected chi connectivity index (χ2v) is 5.17. The number of carbonyl (C=O) groups is 2. The predicted molar refractivity (Wildman–Crippen MR) is 66.9 cm³/mol. The van der Waals surface area contributed by atoms with Crippen LogP contribution in [-0.4, -0.2) is 34.9 Å². The molecule has 0 aliphatic carbocycles. The molecule has 0 fully saturated rings. The van der Waals surface area contributed by atoms with Crippen LogP contribution in [0.25, 0.3) is 0 Å². The van der Waals surface area contributed by atoms with Crippen LogP contribution in [0.2, 0.25) is 0 Å². The van der Waals surface area contributed by atoms with Gasteiger partial charge in [0.1, 0.15) is 6.61 Å². The Labute approximate surface area is 110 Å². The van der Waals surface area contributed by atoms with Gasteiger partial charge in [0.2, 0.25) is 5.88 Å². The van der Waals surface area contributed by atoms with E-state index in [1.165, 1.54) is 6.92 Å². The number of rotatable bonds is 5. The number of amides is 1. The van der Waals surface area contributed by atoms with Crippen molar-refractivity contribution in [2.24, 2.45) is 0 Å². The monoisotopic (exact) mass is 270 g/mol. The maximum Gasteiger partial charge on any atom is 0.332 e. The lowest BCUT2D eigenvalue weighted by molar-refractivity contribution is -0.150. The average molecular weight is 270 g/mol. The Balaban J connectivity index is 2.49. The standard InChI is InChI=1S/C12H18N2O5/c1-7(11(16)17)18-6-9(15)13-10-5-8(14-19-10)12(2,3)4/h5,7H,6H2,1-4H3,(H,13,15)(H,16,17)/t7-/m1/s1. The number of aliphatic carboxylic acids is 1. The summed E-state index contributed by atoms with van der Waals surface area (Å²) < 4.78 is 9.80. The Morgan fingerprint density at radius 2 is 2.16 bits per heavy atom. The number of carboxylic acids is 1. The van der Waals surface area contributed by atoms with Crippen LogP contribution in [0.15, 0.2) is 10.6 Å². The summed E-state index contributed by atoms with van der Waals surface area (Å²) in [6, 6.07) is 1.62. The number of anilines is 1. The fourth-order valence-corrected chi connectivity index (χ4v) is 1.13. The summed E-state index contributed by atoms with van der Waals surface area (Å²) in [6.45, 7) is 6.89. The van der Waals surface area contributed by atoms with Crippen molar-refractivity contribution < 1.29 is 24.0 Å². The van der Waals surface area contributed by atoms with Crippen LogP contribution in [-0.2, 0) is 19.7 Å². The summed E-state index contributed by atoms with van der Waals surface area (Å²) in [4.78, 5) is 22.0. The molecule has 0 unspecified atom stereocenters. The van der Waals surface area contributed by atoms with Gasteiger partial charge in [-0.05, 0) is 6.92 Å². The molecule has 1 atom stereocenters. The van der Waals surface area contributed by atoms with Crippen molar-refractivity contribution in [3.8, 4) is 0 Å². The maximum atomic E-state index is 11.5. The summed E-state index contributed by atoms with van der Waals surface area (Å²) in [5.41, 5.74) is 0.531. The number of carboxylic acid groups (broad SMARTS) is 1. The van der Waals surface area contributed by atoms with Gasteiger partial charge in [0.05, 0.1) is 5.69 Å². The van der Waals surface area contributed by atoms with Gasteiger partial charge in [0.15, 0.2) is 6.10 Å². The highest BCUT2D eigenvalue weighted by molar-refractivity contribution is 5.90. The van der Waals surface area contributed by atoms with Gasteiger partial charge in [-0.2, -0.15) is 0 Å². The van der Waals surface area contributed by atoms with Crippen LogP contribution in [0.3, 0.4) is 0 Å². The van der Waals surface area contributed by atoms with E-state index in [0.29, 0.717) is 5.69 Å². The first-order valence-electron chi connectivity index (χ1n) is 5.81. The van der Waals surface area contributed by atoms with Crippen molar-refractivity contribution in [2.45, 2.75) is 39.2 Å². The van der Waals surface area contributed by atoms with Crippen LogP contribution < -0.4 is 5.32 Å². The number of nitrogens with one attached hydrogen (secondary N) is 1. The normalized spacial score (nSPS) is 13.1. The third kappa shape index (κ3) is 4.70. The third-order valence-corrected chi connectivity index (χ3v) is 2.35. The van der Waals surface area contributed by atoms with Crippen LogP contribution in [0, 0.1) is 0 Å². The highest BCUT2D eigenvalue weighted by Gasteiger charge is 2.20. The molecular formula is C12H18N2O5. The first-order valence-corrected chi connectivity index (χ1v) is 5.81. The number of hydrogen-bond acceptors (Lipinski definition) is 5. The van der Waals surface area contributed by atoms with E-state index >= 15 is 0 Å². The van der Waals surface area contributed by atoms with E-state index in [9.17, 15) is 9.59 Å². The third-order valence-electron chi connectivity index (χ3n) is 2.35. The van der Waals surface area contributed by atoms with Gasteiger partial charge in [0.25, 0.3) is 5.91 Å². The predicted octanol–water partition coefficient (Wildman–Crippen LogP) is 1.40. The largest absolute Gasteiger partial charge is 0.479 e. The van der Waals surface area contributed by atoms with Gasteiger partial charge in [-0.25, -0.2) is 4.79 Å². The molecule has 7 heteroatoms. The summed E-state index contributed by atoms with van der Waals surface area (Å²) in [5, 5.41) is 14.9. The van der Waals surface area contributed by atoms with Crippen LogP contribution in [0.1, 0.15) is 33.4 Å². The van der Waals surface area contributed by atoms with Gasteiger partial charge in [-0.3, -0.25) is 10.1 Å². The molecule has 0 aromatic carbocycles. The quantitative estimate of drug-likeness (QED) is 0.838. The topological polar surface area (TPSA) is 102 Å². The van der Waals surface area contributed by atoms with Crippen molar-refractivity contribution in [3.63, 3.8) is 0 Å². The van der Waals surface area contributed by atoms with Gasteiger partial charge in [-0.15, -0.1) is 0 Å². The fourth-order valence-electron chi connectivity index (χ4n) is 1.13. The Morgan fingerprint density at radius 3 is 2.63 bits per heavy atom. The number of carbonyl (C=O) groups excluding carboxylic acids is 1. The molecule has 1 heterocycles. The van der Waals surface area contributed by atoms with Crippen LogP contribution in [0.5, 0.6) is 0 Å². The smallest absolute Gasteiger partial charge is 0.332 e. The van der Waals surface area contributed by atoms with Crippen LogP contribution in [0.4, 0.5) is 5.88 Å². The van der Waals surface area contributed by atoms with Crippen molar-refractivity contribution in [3.05, 3.63) is 11.8 Å². The van der Waals surface area contributed by atoms with Crippen molar-refractivity contribution in [1.82, 2.24) is 5.16 Å². The molecule has 7 nitrogen and oxygen atoms in total. The minimum absolute atomic E-state index is 0.180. The van der Waals surface area contributed by atoms with Gasteiger partial charge in [-0.1, -0.05) is 25.9 Å². The van der Waals surface area contributed by atoms with Crippen molar-refractivity contribution >= 4 is 17.8 Å². The molecule has 0 radical (unpaired) electrons. The van der Waals surface area contributed by atoms with E-state index in [-0.39, 0.29) is 17.9 Å². The molecule has 19 heavy (non-hydrogen) atoms. The minimum Gasteiger partial charge on any atom is -0.479 e. The zero-order valence-corrected chi connectivity index (χ0v) is 11.4. The van der Waals surface area contributed by atoms with E-state index in [1.54, 1.807) is 6.07 Å². The number of nitrogens with zero attached hydrogens (tertiary/aromatic N) is 1. The zero-order valence-electron chi connectivity index (χ0n) is 11.4. The Kier molecular flexibility index (Phi) is 4.66. The Hall–Kier alpha value is -1.89. The summed E-state index contributed by atoms with van der Waals surface area (Å²) in [5.74, 6) is -1.41. The lowest BCUT2D eigenvalue weighted by Crippen LogP contribution is -2.26. The number of aromatic nitrogens is 1. The zero-order chi connectivity index (χ0) is 14.6. The molecule has 2 N–H and O–H groups in total. The minimum atomic E-state index is -1.12. The van der Waals surface area contributed by atoms with Crippen LogP contribution >= 0.6 is 0 Å². The summed E-state index contributed by atoms with van der Waals surface area (Å²) >= 11 is 0.